The number of carbonyl (C=O) groups excluding carboxylic acids is 4. The average Bonchev–Trinajstić information content (AvgIpc) is 3.98. The van der Waals surface area contributed by atoms with E-state index in [0.29, 0.717) is 74.3 Å². The van der Waals surface area contributed by atoms with E-state index in [1.807, 2.05) is 31.5 Å². The van der Waals surface area contributed by atoms with Crippen LogP contribution in [0.25, 0.3) is 10.4 Å². The maximum atomic E-state index is 14.4. The molecule has 0 bridgehead atoms. The molecule has 4 aromatic rings. The highest BCUT2D eigenvalue weighted by molar-refractivity contribution is 7.95. The van der Waals surface area contributed by atoms with Crippen molar-refractivity contribution in [1.82, 2.24) is 20.5 Å². The van der Waals surface area contributed by atoms with Gasteiger partial charge >= 0.3 is 6.18 Å². The number of alkyl halides is 3. The van der Waals surface area contributed by atoms with Gasteiger partial charge in [0.25, 0.3) is 5.91 Å². The molecule has 4 amide bonds. The van der Waals surface area contributed by atoms with Gasteiger partial charge in [-0.05, 0) is 148 Å². The average molecular weight is 1030 g/mol. The number of rotatable bonds is 18. The van der Waals surface area contributed by atoms with E-state index < -0.39 is 28.7 Å². The lowest BCUT2D eigenvalue weighted by Crippen LogP contribution is -2.59. The van der Waals surface area contributed by atoms with Crippen LogP contribution in [0.1, 0.15) is 108 Å². The predicted molar refractivity (Wildman–Crippen MR) is 270 cm³/mol. The molecule has 386 valence electrons. The summed E-state index contributed by atoms with van der Waals surface area (Å²) in [5, 5.41) is 17.5. The third-order valence-electron chi connectivity index (χ3n) is 14.6. The third-order valence-corrected chi connectivity index (χ3v) is 16.3. The molecule has 72 heavy (non-hydrogen) atoms. The number of thiazole rings is 1. The number of amides is 4. The van der Waals surface area contributed by atoms with E-state index in [1.165, 1.54) is 21.3 Å². The molecule has 1 aromatic heterocycles. The first kappa shape index (κ1) is 54.1. The highest BCUT2D eigenvalue weighted by Crippen LogP contribution is 2.61. The number of halogens is 4. The summed E-state index contributed by atoms with van der Waals surface area (Å²) in [4.78, 5) is 55.7. The zero-order chi connectivity index (χ0) is 51.8. The summed E-state index contributed by atoms with van der Waals surface area (Å²) in [6.07, 6.45) is 3.27. The Hall–Kier alpha value is -5.71. The van der Waals surface area contributed by atoms with E-state index in [9.17, 15) is 36.2 Å². The summed E-state index contributed by atoms with van der Waals surface area (Å²) in [7, 11) is 0. The van der Waals surface area contributed by atoms with Crippen LogP contribution in [0.3, 0.4) is 0 Å². The van der Waals surface area contributed by atoms with Gasteiger partial charge in [0.05, 0.1) is 52.2 Å². The van der Waals surface area contributed by atoms with Gasteiger partial charge in [-0.25, -0.2) is 4.98 Å². The number of anilines is 2. The Kier molecular flexibility index (Phi) is 17.3. The molecule has 19 heteroatoms. The van der Waals surface area contributed by atoms with Gasteiger partial charge in [0.2, 0.25) is 18.2 Å². The Labute approximate surface area is 427 Å². The zero-order valence-corrected chi connectivity index (χ0v) is 42.9. The molecule has 2 unspecified atom stereocenters. The number of carbonyl (C=O) groups is 4. The van der Waals surface area contributed by atoms with Crippen LogP contribution in [-0.4, -0.2) is 78.0 Å². The molecule has 0 radical (unpaired) electrons. The predicted octanol–water partition coefficient (Wildman–Crippen LogP) is 10.6. The molecule has 3 N–H and O–H groups in total. The number of aromatic nitrogens is 1. The quantitative estimate of drug-likeness (QED) is 0.0496. The summed E-state index contributed by atoms with van der Waals surface area (Å²) >= 11 is 1.52. The van der Waals surface area contributed by atoms with Crippen LogP contribution in [-0.2, 0) is 36.6 Å². The van der Waals surface area contributed by atoms with Crippen molar-refractivity contribution in [2.24, 2.45) is 22.7 Å². The van der Waals surface area contributed by atoms with Crippen LogP contribution < -0.4 is 25.0 Å². The fraction of sp³-hybridized carbons (Fsp3) is 0.509. The molecule has 3 aromatic carbocycles. The number of hydrogen-bond acceptors (Lipinski definition) is 11. The van der Waals surface area contributed by atoms with Crippen molar-refractivity contribution in [3.05, 3.63) is 94.6 Å². The number of aryl methyl sites for hydroxylation is 1. The fourth-order valence-corrected chi connectivity index (χ4v) is 11.5. The van der Waals surface area contributed by atoms with Crippen LogP contribution in [0.5, 0.6) is 5.75 Å². The number of nitrogens with zero attached hydrogens (tertiary/aromatic N) is 4. The molecule has 4 aliphatic rings. The molecule has 1 spiro atoms. The molecule has 2 heterocycles. The first-order valence-electron chi connectivity index (χ1n) is 24.4. The Balaban J connectivity index is 0.000000274. The van der Waals surface area contributed by atoms with Gasteiger partial charge in [0, 0.05) is 24.8 Å². The number of nitriles is 1. The van der Waals surface area contributed by atoms with E-state index in [2.05, 4.69) is 53.8 Å². The second-order valence-corrected chi connectivity index (χ2v) is 22.1. The number of hydrogen-bond donors (Lipinski definition) is 3. The van der Waals surface area contributed by atoms with Crippen molar-refractivity contribution in [2.75, 3.05) is 36.0 Å². The minimum Gasteiger partial charge on any atom is -0.493 e. The second-order valence-electron chi connectivity index (χ2n) is 20.8. The first-order valence-corrected chi connectivity index (χ1v) is 25.9. The molecule has 3 aliphatic carbocycles. The summed E-state index contributed by atoms with van der Waals surface area (Å²) in [5.41, 5.74) is 2.72. The molecule has 3 saturated carbocycles. The zero-order valence-electron chi connectivity index (χ0n) is 41.3. The summed E-state index contributed by atoms with van der Waals surface area (Å²) in [5.74, 6) is 0.753. The third kappa shape index (κ3) is 12.9. The Morgan fingerprint density at radius 1 is 1.00 bits per heavy atom. The Morgan fingerprint density at radius 2 is 1.68 bits per heavy atom. The first-order chi connectivity index (χ1) is 34.3. The lowest BCUT2D eigenvalue weighted by molar-refractivity contribution is -0.138. The van der Waals surface area contributed by atoms with Crippen molar-refractivity contribution in [3.8, 4) is 22.3 Å². The van der Waals surface area contributed by atoms with Crippen LogP contribution in [0.2, 0.25) is 0 Å². The van der Waals surface area contributed by atoms with E-state index in [1.54, 1.807) is 40.5 Å². The van der Waals surface area contributed by atoms with Gasteiger partial charge in [-0.15, -0.1) is 15.2 Å². The van der Waals surface area contributed by atoms with Gasteiger partial charge in [-0.2, -0.15) is 18.4 Å². The monoisotopic (exact) mass is 1030 g/mol. The number of nitrogens with one attached hydrogen (secondary N) is 3. The fourth-order valence-electron chi connectivity index (χ4n) is 10.1. The topological polar surface area (TPSA) is 166 Å². The Bertz CT molecular complexity index is 2560. The number of likely N-dealkylation sites (tertiary alicyclic amines) is 1. The lowest BCUT2D eigenvalue weighted by Gasteiger charge is -2.57. The minimum absolute atomic E-state index is 0.00586. The largest absolute Gasteiger partial charge is 0.493 e. The van der Waals surface area contributed by atoms with E-state index in [-0.39, 0.29) is 53.9 Å². The van der Waals surface area contributed by atoms with Crippen molar-refractivity contribution < 1.29 is 45.7 Å². The second kappa shape index (κ2) is 23.0. The standard InChI is InChI=1S/C36H44F4N4O4S.C17H19N3O2S/c1-23(33(2,3)4)42-31(45)22-47-20-24-15-34(16-24)17-25(18-34)21-48-29-10-8-28(9-11-29)44(49-40)35(12-5-13-35)32(46)43-27-7-6-26(19-41)30(14-27)36(37,38)39;1-12-16(23-10-19-12)14-6-4-13(5-7-14)9-18-17(22)15-3-2-8-20(15)11-21/h6-11,14,23-25H,5,12-13,15-18,20-22H2,1-4H3,(H,42,45)(H,43,46);4-7,10-11,15H,2-3,8-9H2,1H3,(H,18,22). The van der Waals surface area contributed by atoms with Crippen LogP contribution >= 0.6 is 23.7 Å². The minimum atomic E-state index is -4.77. The molecule has 8 rings (SSSR count). The Morgan fingerprint density at radius 3 is 2.25 bits per heavy atom. The highest BCUT2D eigenvalue weighted by atomic mass is 32.2. The van der Waals surface area contributed by atoms with Crippen LogP contribution in [0.4, 0.5) is 28.4 Å². The van der Waals surface area contributed by atoms with Gasteiger partial charge in [0.15, 0.2) is 12.3 Å². The summed E-state index contributed by atoms with van der Waals surface area (Å²) in [6.45, 7) is 12.6. The molecule has 13 nitrogen and oxygen atoms in total. The van der Waals surface area contributed by atoms with Gasteiger partial charge in [-0.3, -0.25) is 23.5 Å². The lowest BCUT2D eigenvalue weighted by atomic mass is 9.48. The molecule has 1 saturated heterocycles. The summed E-state index contributed by atoms with van der Waals surface area (Å²) < 4.78 is 67.8. The number of ether oxygens (including phenoxy) is 2. The maximum absolute atomic E-state index is 14.4. The molecule has 4 fully saturated rings. The van der Waals surface area contributed by atoms with Gasteiger partial charge in [-0.1, -0.05) is 45.0 Å². The van der Waals surface area contributed by atoms with Gasteiger partial charge in [0.1, 0.15) is 23.9 Å². The summed E-state index contributed by atoms with van der Waals surface area (Å²) in [6, 6.07) is 19.2. The van der Waals surface area contributed by atoms with Gasteiger partial charge < -0.3 is 30.3 Å². The molecular formula is C53H63F4N7O6S2. The SMILES string of the molecule is CC(NC(=O)COCC1CC2(C1)CC(COc1ccc(N(SF)C3(C(=O)Nc4ccc(C#N)c(C(F)(F)F)c4)CCC3)cc1)C2)C(C)(C)C.Cc1ncsc1-c1ccc(CNC(=O)C2CCCN2C=O)cc1. The van der Waals surface area contributed by atoms with Crippen LogP contribution in [0, 0.1) is 40.9 Å². The highest BCUT2D eigenvalue weighted by Gasteiger charge is 2.53. The van der Waals surface area contributed by atoms with Crippen LogP contribution in [0.15, 0.2) is 72.2 Å². The maximum Gasteiger partial charge on any atom is 0.417 e. The van der Waals surface area contributed by atoms with E-state index >= 15 is 0 Å². The van der Waals surface area contributed by atoms with Crippen molar-refractivity contribution >= 4 is 59.2 Å². The molecule has 1 aliphatic heterocycles. The normalized spacial score (nSPS) is 21.3. The smallest absolute Gasteiger partial charge is 0.417 e. The molecule has 2 atom stereocenters. The van der Waals surface area contributed by atoms with Crippen molar-refractivity contribution in [2.45, 2.75) is 123 Å². The molecular weight excluding hydrogens is 971 g/mol. The van der Waals surface area contributed by atoms with E-state index in [4.69, 9.17) is 14.7 Å². The van der Waals surface area contributed by atoms with E-state index in [0.717, 1.165) is 73.9 Å². The van der Waals surface area contributed by atoms with Crippen molar-refractivity contribution in [1.29, 1.82) is 5.26 Å². The number of benzene rings is 3. The van der Waals surface area contributed by atoms with Crippen molar-refractivity contribution in [3.63, 3.8) is 0 Å².